The van der Waals surface area contributed by atoms with Crippen LogP contribution in [0, 0.1) is 0 Å². The second kappa shape index (κ2) is 9.79. The number of hydrogen-bond donors (Lipinski definition) is 0. The summed E-state index contributed by atoms with van der Waals surface area (Å²) in [6, 6.07) is 32.8. The van der Waals surface area contributed by atoms with Crippen LogP contribution in [0.15, 0.2) is 91.0 Å². The van der Waals surface area contributed by atoms with Crippen molar-refractivity contribution in [3.8, 4) is 0 Å². The van der Waals surface area contributed by atoms with E-state index in [0.29, 0.717) is 0 Å². The van der Waals surface area contributed by atoms with Crippen molar-refractivity contribution < 1.29 is 0 Å². The quantitative estimate of drug-likeness (QED) is 0.567. The zero-order valence-corrected chi connectivity index (χ0v) is 18.4. The van der Waals surface area contributed by atoms with Crippen molar-refractivity contribution >= 4 is 41.9 Å². The van der Waals surface area contributed by atoms with Crippen LogP contribution in [0.2, 0.25) is 17.3 Å². The molecule has 3 rings (SSSR count). The van der Waals surface area contributed by atoms with Gasteiger partial charge in [0.15, 0.2) is 0 Å². The topological polar surface area (TPSA) is 0 Å². The van der Waals surface area contributed by atoms with E-state index in [-0.39, 0.29) is 14.3 Å². The first-order valence-corrected chi connectivity index (χ1v) is 17.4. The van der Waals surface area contributed by atoms with E-state index >= 15 is 0 Å². The second-order valence-electron chi connectivity index (χ2n) is 5.97. The summed E-state index contributed by atoms with van der Waals surface area (Å²) in [7, 11) is 0. The minimum atomic E-state index is -1.63. The van der Waals surface area contributed by atoms with Gasteiger partial charge < -0.3 is 0 Å². The van der Waals surface area contributed by atoms with Crippen molar-refractivity contribution in [2.75, 3.05) is 0 Å². The molecule has 0 saturated carbocycles. The second-order valence-corrected chi connectivity index (χ2v) is 17.5. The van der Waals surface area contributed by atoms with Gasteiger partial charge in [-0.05, 0) is 0 Å². The Morgan fingerprint density at radius 1 is 0.435 bits per heavy atom. The van der Waals surface area contributed by atoms with E-state index < -0.39 is 14.3 Å². The molecule has 0 atom stereocenters. The molecule has 0 saturated heterocycles. The number of hydrogen-bond acceptors (Lipinski definition) is 0. The molecule has 2 heteroatoms. The van der Waals surface area contributed by atoms with Gasteiger partial charge in [0.1, 0.15) is 0 Å². The van der Waals surface area contributed by atoms with E-state index in [1.54, 1.807) is 0 Å². The van der Waals surface area contributed by atoms with Crippen LogP contribution in [0.4, 0.5) is 0 Å². The molecule has 0 spiro atoms. The van der Waals surface area contributed by atoms with E-state index in [2.05, 4.69) is 108 Å². The molecule has 0 fully saturated rings. The van der Waals surface area contributed by atoms with E-state index in [0.717, 1.165) is 0 Å². The average molecular weight is 422 g/mol. The fraction of sp³-hybridized carbons (Fsp3) is 0.143. The van der Waals surface area contributed by atoms with Crippen LogP contribution in [0.5, 0.6) is 0 Å². The Morgan fingerprint density at radius 3 is 0.870 bits per heavy atom. The molecule has 3 aromatic rings. The van der Waals surface area contributed by atoms with Gasteiger partial charge in [0.2, 0.25) is 0 Å². The van der Waals surface area contributed by atoms with Crippen molar-refractivity contribution in [3.63, 3.8) is 0 Å². The van der Waals surface area contributed by atoms with Crippen LogP contribution >= 0.6 is 0 Å². The van der Waals surface area contributed by atoms with Gasteiger partial charge >= 0.3 is 150 Å². The van der Waals surface area contributed by atoms with Crippen LogP contribution in [0.3, 0.4) is 0 Å². The fourth-order valence-electron chi connectivity index (χ4n) is 2.31. The van der Waals surface area contributed by atoms with E-state index in [4.69, 9.17) is 0 Å². The van der Waals surface area contributed by atoms with Gasteiger partial charge in [-0.1, -0.05) is 0 Å². The molecule has 116 valence electrons. The average Bonchev–Trinajstić information content (AvgIpc) is 2.58. The molecule has 0 heterocycles. The van der Waals surface area contributed by atoms with Gasteiger partial charge in [0.05, 0.1) is 0 Å². The summed E-state index contributed by atoms with van der Waals surface area (Å²) < 4.78 is 4.50. The van der Waals surface area contributed by atoms with Crippen LogP contribution in [-0.2, 0) is 0 Å². The van der Waals surface area contributed by atoms with Crippen LogP contribution in [0.25, 0.3) is 0 Å². The van der Waals surface area contributed by atoms with Gasteiger partial charge in [-0.25, -0.2) is 0 Å². The van der Waals surface area contributed by atoms with E-state index in [9.17, 15) is 0 Å². The molecule has 0 amide bonds. The van der Waals surface area contributed by atoms with Gasteiger partial charge in [-0.15, -0.1) is 0 Å². The Morgan fingerprint density at radius 2 is 0.652 bits per heavy atom. The number of benzene rings is 3. The number of rotatable bonds is 3. The van der Waals surface area contributed by atoms with E-state index in [1.807, 2.05) is 0 Å². The molecule has 0 aliphatic carbocycles. The summed E-state index contributed by atoms with van der Waals surface area (Å²) >= 11 is -1.97. The monoisotopic (exact) mass is 424 g/mol. The Bertz CT molecular complexity index is 567. The molecule has 0 N–H and O–H groups in total. The Kier molecular flexibility index (Phi) is 7.70. The molecule has 23 heavy (non-hydrogen) atoms. The molecule has 0 unspecified atom stereocenters. The maximum atomic E-state index is 2.33. The summed E-state index contributed by atoms with van der Waals surface area (Å²) in [6.45, 7) is 0. The molecule has 3 aromatic carbocycles. The zero-order valence-electron chi connectivity index (χ0n) is 14.2. The Labute approximate surface area is 149 Å². The SMILES string of the molecule is [CH3][Ge]([CH3])[CH3].c1cc[c]([Ge]([c]2ccccc2)[c]2ccccc2)cc1. The van der Waals surface area contributed by atoms with Crippen LogP contribution in [0.1, 0.15) is 0 Å². The Hall–Kier alpha value is -1.25. The summed E-state index contributed by atoms with van der Waals surface area (Å²) in [4.78, 5) is 0. The molecule has 0 aliphatic rings. The molecule has 0 aromatic heterocycles. The minimum absolute atomic E-state index is 0.333. The first-order chi connectivity index (χ1) is 11.2. The molecule has 2 radical (unpaired) electrons. The first kappa shape index (κ1) is 18.1. The standard InChI is InChI=1S/C18H15Ge.C3H9Ge/c1-4-10-16(11-5-1)19(17-12-6-2-7-13-17)18-14-8-3-9-15-18;1-4(2)3/h1-15H;1-3H3. The predicted octanol–water partition coefficient (Wildman–Crippen LogP) is 3.57. The zero-order chi connectivity index (χ0) is 16.5. The predicted molar refractivity (Wildman–Crippen MR) is 107 cm³/mol. The van der Waals surface area contributed by atoms with Gasteiger partial charge in [0, 0.05) is 0 Å². The van der Waals surface area contributed by atoms with Crippen molar-refractivity contribution in [2.45, 2.75) is 17.3 Å². The molecule has 0 aliphatic heterocycles. The van der Waals surface area contributed by atoms with Crippen molar-refractivity contribution in [2.24, 2.45) is 0 Å². The summed E-state index contributed by atoms with van der Waals surface area (Å²) in [6.07, 6.45) is 0. The molecule has 0 nitrogen and oxygen atoms in total. The molecular weight excluding hydrogens is 397 g/mol. The molecular formula is C21H24Ge2. The Balaban J connectivity index is 0.000000433. The van der Waals surface area contributed by atoms with Gasteiger partial charge in [0.25, 0.3) is 0 Å². The van der Waals surface area contributed by atoms with Crippen LogP contribution in [-0.4, -0.2) is 28.7 Å². The van der Waals surface area contributed by atoms with Crippen molar-refractivity contribution in [3.05, 3.63) is 91.0 Å². The third kappa shape index (κ3) is 6.04. The van der Waals surface area contributed by atoms with Crippen molar-refractivity contribution in [1.29, 1.82) is 0 Å². The maximum absolute atomic E-state index is 2.33. The first-order valence-electron chi connectivity index (χ1n) is 7.98. The van der Waals surface area contributed by atoms with Crippen molar-refractivity contribution in [1.82, 2.24) is 0 Å². The fourth-order valence-corrected chi connectivity index (χ4v) is 7.72. The normalized spacial score (nSPS) is 10.3. The van der Waals surface area contributed by atoms with Gasteiger partial charge in [-0.2, -0.15) is 0 Å². The summed E-state index contributed by atoms with van der Waals surface area (Å²) in [5.41, 5.74) is 0. The third-order valence-electron chi connectivity index (χ3n) is 3.19. The molecule has 0 bridgehead atoms. The van der Waals surface area contributed by atoms with Gasteiger partial charge in [-0.3, -0.25) is 0 Å². The summed E-state index contributed by atoms with van der Waals surface area (Å²) in [5.74, 6) is 7.00. The summed E-state index contributed by atoms with van der Waals surface area (Å²) in [5, 5.41) is 0. The third-order valence-corrected chi connectivity index (χ3v) is 8.92. The van der Waals surface area contributed by atoms with Crippen LogP contribution < -0.4 is 13.2 Å². The van der Waals surface area contributed by atoms with E-state index in [1.165, 1.54) is 13.2 Å².